The molecule has 2 heteroatoms. The van der Waals surface area contributed by atoms with Gasteiger partial charge in [-0.3, -0.25) is 0 Å². The lowest BCUT2D eigenvalue weighted by molar-refractivity contribution is 1.38. The van der Waals surface area contributed by atoms with Crippen molar-refractivity contribution in [1.82, 2.24) is 4.98 Å². The quantitative estimate of drug-likeness (QED) is 0.733. The molecule has 2 nitrogen and oxygen atoms in total. The van der Waals surface area contributed by atoms with E-state index < -0.39 is 0 Å². The van der Waals surface area contributed by atoms with Gasteiger partial charge in [0.2, 0.25) is 0 Å². The van der Waals surface area contributed by atoms with Crippen LogP contribution in [0.25, 0.3) is 11.6 Å². The average molecular weight is 194 g/mol. The highest BCUT2D eigenvalue weighted by molar-refractivity contribution is 5.88. The maximum Gasteiger partial charge on any atom is 0.0998 e. The Morgan fingerprint density at radius 3 is 2.53 bits per heavy atom. The summed E-state index contributed by atoms with van der Waals surface area (Å²) in [5.74, 6) is 0. The summed E-state index contributed by atoms with van der Waals surface area (Å²) in [6, 6.07) is 15.7. The van der Waals surface area contributed by atoms with Crippen molar-refractivity contribution in [3.63, 3.8) is 0 Å². The molecule has 2 aromatic rings. The van der Waals surface area contributed by atoms with Gasteiger partial charge in [-0.05, 0) is 23.8 Å². The van der Waals surface area contributed by atoms with E-state index in [1.165, 1.54) is 0 Å². The van der Waals surface area contributed by atoms with E-state index in [2.05, 4.69) is 11.1 Å². The Morgan fingerprint density at radius 1 is 1.13 bits per heavy atom. The van der Waals surface area contributed by atoms with Crippen LogP contribution in [-0.4, -0.2) is 4.98 Å². The molecular weight excluding hydrogens is 184 g/mol. The Labute approximate surface area is 88.5 Å². The fourth-order valence-corrected chi connectivity index (χ4v) is 1.39. The van der Waals surface area contributed by atoms with E-state index in [4.69, 9.17) is 5.26 Å². The minimum Gasteiger partial charge on any atom is -0.362 e. The van der Waals surface area contributed by atoms with Gasteiger partial charge in [-0.1, -0.05) is 30.3 Å². The number of nitrogens with zero attached hydrogens (tertiary/aromatic N) is 1. The van der Waals surface area contributed by atoms with E-state index in [9.17, 15) is 0 Å². The van der Waals surface area contributed by atoms with Crippen molar-refractivity contribution in [2.75, 3.05) is 0 Å². The molecule has 0 atom stereocenters. The lowest BCUT2D eigenvalue weighted by Gasteiger charge is -1.97. The standard InChI is InChI=1S/C13H10N2/c14-10-12(9-13-7-4-8-15-13)11-5-2-1-3-6-11/h1-9,15H/b12-9+. The molecule has 1 aromatic carbocycles. The fraction of sp³-hybridized carbons (Fsp3) is 0. The van der Waals surface area contributed by atoms with Crippen molar-refractivity contribution in [2.45, 2.75) is 0 Å². The first kappa shape index (κ1) is 9.29. The molecule has 72 valence electrons. The van der Waals surface area contributed by atoms with Gasteiger partial charge in [0, 0.05) is 11.9 Å². The van der Waals surface area contributed by atoms with Crippen LogP contribution in [0.2, 0.25) is 0 Å². The van der Waals surface area contributed by atoms with Crippen LogP contribution >= 0.6 is 0 Å². The Hall–Kier alpha value is -2.27. The SMILES string of the molecule is N#C/C(=C\c1ccc[nH]1)c1ccccc1. The van der Waals surface area contributed by atoms with Crippen LogP contribution in [0.1, 0.15) is 11.3 Å². The van der Waals surface area contributed by atoms with Gasteiger partial charge in [-0.15, -0.1) is 0 Å². The van der Waals surface area contributed by atoms with Crippen LogP contribution in [-0.2, 0) is 0 Å². The zero-order valence-corrected chi connectivity index (χ0v) is 8.14. The predicted octanol–water partition coefficient (Wildman–Crippen LogP) is 3.08. The molecule has 0 aliphatic carbocycles. The second kappa shape index (κ2) is 4.30. The lowest BCUT2D eigenvalue weighted by Crippen LogP contribution is -1.80. The molecule has 0 spiro atoms. The topological polar surface area (TPSA) is 39.6 Å². The maximum absolute atomic E-state index is 9.05. The van der Waals surface area contributed by atoms with Crippen molar-refractivity contribution in [2.24, 2.45) is 0 Å². The first-order valence-corrected chi connectivity index (χ1v) is 4.71. The molecule has 0 amide bonds. The van der Waals surface area contributed by atoms with Gasteiger partial charge < -0.3 is 4.98 Å². The Bertz CT molecular complexity index is 487. The van der Waals surface area contributed by atoms with Gasteiger partial charge in [0.1, 0.15) is 0 Å². The number of aromatic amines is 1. The summed E-state index contributed by atoms with van der Waals surface area (Å²) in [4.78, 5) is 3.04. The number of benzene rings is 1. The zero-order chi connectivity index (χ0) is 10.5. The number of H-pyrrole nitrogens is 1. The molecule has 0 bridgehead atoms. The molecule has 15 heavy (non-hydrogen) atoms. The van der Waals surface area contributed by atoms with Crippen molar-refractivity contribution >= 4 is 11.6 Å². The molecule has 0 saturated heterocycles. The summed E-state index contributed by atoms with van der Waals surface area (Å²) in [6.45, 7) is 0. The Kier molecular flexibility index (Phi) is 2.66. The van der Waals surface area contributed by atoms with E-state index in [0.29, 0.717) is 5.57 Å². The maximum atomic E-state index is 9.05. The van der Waals surface area contributed by atoms with Gasteiger partial charge in [0.25, 0.3) is 0 Å². The summed E-state index contributed by atoms with van der Waals surface area (Å²) >= 11 is 0. The first-order valence-electron chi connectivity index (χ1n) is 4.71. The number of rotatable bonds is 2. The average Bonchev–Trinajstić information content (AvgIpc) is 2.80. The number of hydrogen-bond acceptors (Lipinski definition) is 1. The van der Waals surface area contributed by atoms with E-state index in [1.54, 1.807) is 0 Å². The monoisotopic (exact) mass is 194 g/mol. The molecule has 0 aliphatic heterocycles. The largest absolute Gasteiger partial charge is 0.362 e. The van der Waals surface area contributed by atoms with E-state index in [0.717, 1.165) is 11.3 Å². The third kappa shape index (κ3) is 2.15. The molecule has 1 aromatic heterocycles. The van der Waals surface area contributed by atoms with Crippen molar-refractivity contribution in [1.29, 1.82) is 5.26 Å². The Balaban J connectivity index is 2.38. The van der Waals surface area contributed by atoms with Crippen LogP contribution in [0.15, 0.2) is 48.7 Å². The van der Waals surface area contributed by atoms with Gasteiger partial charge in [-0.25, -0.2) is 0 Å². The van der Waals surface area contributed by atoms with E-state index >= 15 is 0 Å². The fourth-order valence-electron chi connectivity index (χ4n) is 1.39. The molecule has 2 rings (SSSR count). The van der Waals surface area contributed by atoms with Crippen molar-refractivity contribution in [3.05, 3.63) is 59.9 Å². The normalized spacial score (nSPS) is 11.0. The lowest BCUT2D eigenvalue weighted by atomic mass is 10.1. The molecular formula is C13H10N2. The van der Waals surface area contributed by atoms with Crippen LogP contribution in [0.3, 0.4) is 0 Å². The molecule has 0 fully saturated rings. The smallest absolute Gasteiger partial charge is 0.0998 e. The molecule has 1 N–H and O–H groups in total. The zero-order valence-electron chi connectivity index (χ0n) is 8.14. The van der Waals surface area contributed by atoms with Crippen LogP contribution in [0.5, 0.6) is 0 Å². The summed E-state index contributed by atoms with van der Waals surface area (Å²) in [7, 11) is 0. The van der Waals surface area contributed by atoms with Crippen molar-refractivity contribution < 1.29 is 0 Å². The van der Waals surface area contributed by atoms with E-state index in [-0.39, 0.29) is 0 Å². The summed E-state index contributed by atoms with van der Waals surface area (Å²) in [5, 5.41) is 9.05. The first-order chi connectivity index (χ1) is 7.40. The minimum absolute atomic E-state index is 0.665. The highest BCUT2D eigenvalue weighted by atomic mass is 14.7. The van der Waals surface area contributed by atoms with Gasteiger partial charge in [0.15, 0.2) is 0 Å². The highest BCUT2D eigenvalue weighted by Crippen LogP contribution is 2.15. The molecule has 0 radical (unpaired) electrons. The number of aromatic nitrogens is 1. The van der Waals surface area contributed by atoms with Crippen LogP contribution < -0.4 is 0 Å². The van der Waals surface area contributed by atoms with E-state index in [1.807, 2.05) is 54.7 Å². The summed E-state index contributed by atoms with van der Waals surface area (Å²) in [5.41, 5.74) is 2.54. The highest BCUT2D eigenvalue weighted by Gasteiger charge is 1.99. The minimum atomic E-state index is 0.665. The molecule has 1 heterocycles. The third-order valence-corrected chi connectivity index (χ3v) is 2.13. The summed E-state index contributed by atoms with van der Waals surface area (Å²) in [6.07, 6.45) is 3.68. The Morgan fingerprint density at radius 2 is 1.93 bits per heavy atom. The predicted molar refractivity (Wildman–Crippen MR) is 60.7 cm³/mol. The van der Waals surface area contributed by atoms with Crippen molar-refractivity contribution in [3.8, 4) is 6.07 Å². The van der Waals surface area contributed by atoms with Gasteiger partial charge >= 0.3 is 0 Å². The van der Waals surface area contributed by atoms with Gasteiger partial charge in [-0.2, -0.15) is 5.26 Å². The molecule has 0 aliphatic rings. The molecule has 0 saturated carbocycles. The number of allylic oxidation sites excluding steroid dienone is 1. The summed E-state index contributed by atoms with van der Waals surface area (Å²) < 4.78 is 0. The van der Waals surface area contributed by atoms with Crippen LogP contribution in [0.4, 0.5) is 0 Å². The number of nitrogens with one attached hydrogen (secondary N) is 1. The third-order valence-electron chi connectivity index (χ3n) is 2.13. The molecule has 0 unspecified atom stereocenters. The second-order valence-electron chi connectivity index (χ2n) is 3.16. The second-order valence-corrected chi connectivity index (χ2v) is 3.16. The van der Waals surface area contributed by atoms with Crippen LogP contribution in [0, 0.1) is 11.3 Å². The number of nitriles is 1. The van der Waals surface area contributed by atoms with Gasteiger partial charge in [0.05, 0.1) is 11.6 Å². The number of hydrogen-bond donors (Lipinski definition) is 1.